The van der Waals surface area contributed by atoms with E-state index >= 15 is 0 Å². The summed E-state index contributed by atoms with van der Waals surface area (Å²) in [5, 5.41) is 6.37. The van der Waals surface area contributed by atoms with Crippen LogP contribution in [0.25, 0.3) is 20.8 Å². The average Bonchev–Trinajstić information content (AvgIpc) is 3.34. The van der Waals surface area contributed by atoms with Crippen molar-refractivity contribution < 1.29 is 9.53 Å². The molecule has 142 valence electrons. The topological polar surface area (TPSA) is 89.0 Å². The molecule has 0 radical (unpaired) electrons. The second-order valence-corrected chi connectivity index (χ2v) is 8.03. The summed E-state index contributed by atoms with van der Waals surface area (Å²) in [6, 6.07) is 11.5. The molecule has 4 aromatic rings. The number of benzene rings is 1. The molecule has 9 heteroatoms. The lowest BCUT2D eigenvalue weighted by molar-refractivity contribution is -0.115. The highest BCUT2D eigenvalue weighted by Crippen LogP contribution is 2.32. The molecule has 1 aromatic carbocycles. The van der Waals surface area contributed by atoms with Gasteiger partial charge < -0.3 is 15.4 Å². The standard InChI is InChI=1S/C19H17N5O2S2/c1-20-18-21-9-8-12(22-18)14-7-6-11(27-14)10-16(25)23-19-24-17-13(26-2)4-3-5-15(17)28-19/h3-9H,10H2,1-2H3,(H,20,21,22)(H,23,24,25). The normalized spacial score (nSPS) is 10.8. The highest BCUT2D eigenvalue weighted by atomic mass is 32.1. The van der Waals surface area contributed by atoms with E-state index in [-0.39, 0.29) is 12.3 Å². The molecule has 2 N–H and O–H groups in total. The minimum atomic E-state index is -0.106. The Bertz CT molecular complexity index is 1140. The van der Waals surface area contributed by atoms with Crippen LogP contribution >= 0.6 is 22.7 Å². The van der Waals surface area contributed by atoms with Gasteiger partial charge in [-0.05, 0) is 30.3 Å². The third kappa shape index (κ3) is 3.80. The summed E-state index contributed by atoms with van der Waals surface area (Å²) in [6.45, 7) is 0. The van der Waals surface area contributed by atoms with Crippen molar-refractivity contribution in [3.05, 3.63) is 47.5 Å². The van der Waals surface area contributed by atoms with Crippen LogP contribution in [0.5, 0.6) is 5.75 Å². The highest BCUT2D eigenvalue weighted by Gasteiger charge is 2.13. The van der Waals surface area contributed by atoms with Gasteiger partial charge in [-0.3, -0.25) is 4.79 Å². The Hall–Kier alpha value is -3.04. The van der Waals surface area contributed by atoms with Crippen LogP contribution in [0, 0.1) is 0 Å². The van der Waals surface area contributed by atoms with Gasteiger partial charge in [-0.1, -0.05) is 17.4 Å². The Kier molecular flexibility index (Phi) is 5.18. The monoisotopic (exact) mass is 411 g/mol. The van der Waals surface area contributed by atoms with E-state index in [4.69, 9.17) is 4.74 Å². The minimum Gasteiger partial charge on any atom is -0.494 e. The van der Waals surface area contributed by atoms with E-state index < -0.39 is 0 Å². The van der Waals surface area contributed by atoms with Crippen LogP contribution in [0.4, 0.5) is 11.1 Å². The third-order valence-electron chi connectivity index (χ3n) is 3.98. The number of hydrogen-bond acceptors (Lipinski definition) is 8. The number of para-hydroxylation sites is 1. The predicted octanol–water partition coefficient (Wildman–Crippen LogP) is 4.05. The number of aromatic nitrogens is 3. The number of rotatable bonds is 6. The van der Waals surface area contributed by atoms with Crippen LogP contribution in [-0.4, -0.2) is 35.0 Å². The smallest absolute Gasteiger partial charge is 0.231 e. The number of carbonyl (C=O) groups is 1. The molecule has 28 heavy (non-hydrogen) atoms. The molecule has 7 nitrogen and oxygen atoms in total. The number of fused-ring (bicyclic) bond motifs is 1. The molecule has 0 aliphatic carbocycles. The molecule has 3 aromatic heterocycles. The van der Waals surface area contributed by atoms with Crippen LogP contribution in [0.1, 0.15) is 4.88 Å². The van der Waals surface area contributed by atoms with Crippen molar-refractivity contribution in [1.29, 1.82) is 0 Å². The lowest BCUT2D eigenvalue weighted by Crippen LogP contribution is -2.13. The van der Waals surface area contributed by atoms with E-state index in [1.165, 1.54) is 22.7 Å². The Morgan fingerprint density at radius 1 is 1.14 bits per heavy atom. The molecule has 0 unspecified atom stereocenters. The molecule has 0 spiro atoms. The maximum absolute atomic E-state index is 12.5. The van der Waals surface area contributed by atoms with Gasteiger partial charge in [0.1, 0.15) is 11.3 Å². The Morgan fingerprint density at radius 3 is 2.86 bits per heavy atom. The van der Waals surface area contributed by atoms with Gasteiger partial charge >= 0.3 is 0 Å². The van der Waals surface area contributed by atoms with Gasteiger partial charge in [0.15, 0.2) is 5.13 Å². The number of nitrogens with zero attached hydrogens (tertiary/aromatic N) is 3. The van der Waals surface area contributed by atoms with Crippen molar-refractivity contribution >= 4 is 49.9 Å². The van der Waals surface area contributed by atoms with E-state index in [2.05, 4.69) is 25.6 Å². The summed E-state index contributed by atoms with van der Waals surface area (Å²) in [5.41, 5.74) is 1.59. The van der Waals surface area contributed by atoms with Gasteiger partial charge in [-0.15, -0.1) is 11.3 Å². The fourth-order valence-corrected chi connectivity index (χ4v) is 4.57. The summed E-state index contributed by atoms with van der Waals surface area (Å²) in [7, 11) is 3.39. The van der Waals surface area contributed by atoms with E-state index in [1.807, 2.05) is 36.4 Å². The molecular weight excluding hydrogens is 394 g/mol. The largest absolute Gasteiger partial charge is 0.494 e. The Labute approximate surface area is 169 Å². The summed E-state index contributed by atoms with van der Waals surface area (Å²) in [6.07, 6.45) is 1.99. The number of thiophene rings is 1. The molecule has 0 atom stereocenters. The van der Waals surface area contributed by atoms with Gasteiger partial charge in [0.05, 0.1) is 28.8 Å². The average molecular weight is 412 g/mol. The zero-order valence-corrected chi connectivity index (χ0v) is 16.9. The molecule has 0 fully saturated rings. The van der Waals surface area contributed by atoms with Crippen LogP contribution in [0.3, 0.4) is 0 Å². The van der Waals surface area contributed by atoms with Crippen molar-refractivity contribution in [2.75, 3.05) is 24.8 Å². The van der Waals surface area contributed by atoms with Crippen LogP contribution in [0.15, 0.2) is 42.6 Å². The predicted molar refractivity (Wildman–Crippen MR) is 113 cm³/mol. The molecule has 0 bridgehead atoms. The fourth-order valence-electron chi connectivity index (χ4n) is 2.69. The van der Waals surface area contributed by atoms with Crippen LogP contribution in [-0.2, 0) is 11.2 Å². The summed E-state index contributed by atoms with van der Waals surface area (Å²) in [4.78, 5) is 27.4. The van der Waals surface area contributed by atoms with E-state index in [0.717, 1.165) is 25.7 Å². The number of anilines is 2. The molecule has 3 heterocycles. The molecule has 0 saturated carbocycles. The molecule has 0 aliphatic heterocycles. The SMILES string of the molecule is CNc1nccc(-c2ccc(CC(=O)Nc3nc4c(OC)cccc4s3)s2)n1. The highest BCUT2D eigenvalue weighted by molar-refractivity contribution is 7.22. The number of thiazole rings is 1. The zero-order valence-electron chi connectivity index (χ0n) is 15.2. The second-order valence-electron chi connectivity index (χ2n) is 5.83. The first kappa shape index (κ1) is 18.3. The van der Waals surface area contributed by atoms with Crippen molar-refractivity contribution in [1.82, 2.24) is 15.0 Å². The van der Waals surface area contributed by atoms with Crippen molar-refractivity contribution in [2.24, 2.45) is 0 Å². The molecule has 4 rings (SSSR count). The number of methoxy groups -OCH3 is 1. The first-order valence-corrected chi connectivity index (χ1v) is 10.1. The minimum absolute atomic E-state index is 0.106. The quantitative estimate of drug-likeness (QED) is 0.498. The first-order chi connectivity index (χ1) is 13.7. The van der Waals surface area contributed by atoms with Gasteiger partial charge in [-0.25, -0.2) is 15.0 Å². The molecule has 0 saturated heterocycles. The Balaban J connectivity index is 1.46. The second kappa shape index (κ2) is 7.91. The van der Waals surface area contributed by atoms with E-state index in [0.29, 0.717) is 16.8 Å². The van der Waals surface area contributed by atoms with Gasteiger partial charge in [0.25, 0.3) is 0 Å². The van der Waals surface area contributed by atoms with Crippen molar-refractivity contribution in [2.45, 2.75) is 6.42 Å². The number of amides is 1. The van der Waals surface area contributed by atoms with Crippen molar-refractivity contribution in [3.63, 3.8) is 0 Å². The fraction of sp³-hybridized carbons (Fsp3) is 0.158. The maximum atomic E-state index is 12.5. The maximum Gasteiger partial charge on any atom is 0.231 e. The molecule has 1 amide bonds. The number of hydrogen-bond donors (Lipinski definition) is 2. The summed E-state index contributed by atoms with van der Waals surface area (Å²) < 4.78 is 6.29. The summed E-state index contributed by atoms with van der Waals surface area (Å²) in [5.74, 6) is 1.16. The number of carbonyl (C=O) groups excluding carboxylic acids is 1. The number of nitrogens with one attached hydrogen (secondary N) is 2. The third-order valence-corrected chi connectivity index (χ3v) is 6.02. The Morgan fingerprint density at radius 2 is 2.04 bits per heavy atom. The van der Waals surface area contributed by atoms with E-state index in [1.54, 1.807) is 20.4 Å². The lowest BCUT2D eigenvalue weighted by Gasteiger charge is -2.01. The van der Waals surface area contributed by atoms with Gasteiger partial charge in [0, 0.05) is 18.1 Å². The first-order valence-electron chi connectivity index (χ1n) is 8.49. The van der Waals surface area contributed by atoms with Gasteiger partial charge in [0.2, 0.25) is 11.9 Å². The van der Waals surface area contributed by atoms with Crippen molar-refractivity contribution in [3.8, 4) is 16.3 Å². The van der Waals surface area contributed by atoms with Crippen LogP contribution in [0.2, 0.25) is 0 Å². The summed E-state index contributed by atoms with van der Waals surface area (Å²) >= 11 is 2.97. The van der Waals surface area contributed by atoms with E-state index in [9.17, 15) is 4.79 Å². The molecular formula is C19H17N5O2S2. The lowest BCUT2D eigenvalue weighted by atomic mass is 10.3. The molecule has 0 aliphatic rings. The number of ether oxygens (including phenoxy) is 1. The van der Waals surface area contributed by atoms with Gasteiger partial charge in [-0.2, -0.15) is 0 Å². The van der Waals surface area contributed by atoms with Crippen LogP contribution < -0.4 is 15.4 Å². The zero-order chi connectivity index (χ0) is 19.5.